The number of carbonyl (C=O) groups is 1. The van der Waals surface area contributed by atoms with Gasteiger partial charge in [0.1, 0.15) is 11.8 Å². The summed E-state index contributed by atoms with van der Waals surface area (Å²) in [5.74, 6) is 0.284. The van der Waals surface area contributed by atoms with E-state index in [0.717, 1.165) is 30.4 Å². The molecule has 1 aliphatic carbocycles. The van der Waals surface area contributed by atoms with E-state index in [0.29, 0.717) is 29.8 Å². The van der Waals surface area contributed by atoms with Gasteiger partial charge in [-0.15, -0.1) is 0 Å². The maximum atomic E-state index is 12.7. The van der Waals surface area contributed by atoms with Crippen molar-refractivity contribution in [2.45, 2.75) is 51.2 Å². The van der Waals surface area contributed by atoms with E-state index in [9.17, 15) is 4.79 Å². The second-order valence-corrected chi connectivity index (χ2v) is 6.99. The highest BCUT2D eigenvalue weighted by Gasteiger charge is 2.40. The fraction of sp³-hybridized carbons (Fsp3) is 0.611. The molecule has 0 spiro atoms. The van der Waals surface area contributed by atoms with E-state index in [1.807, 2.05) is 13.8 Å². The Labute approximate surface area is 148 Å². The van der Waals surface area contributed by atoms with Crippen molar-refractivity contribution in [3.05, 3.63) is 28.6 Å². The third kappa shape index (κ3) is 3.52. The lowest BCUT2D eigenvalue weighted by Crippen LogP contribution is -2.45. The first kappa shape index (κ1) is 17.8. The van der Waals surface area contributed by atoms with Crippen LogP contribution in [0.15, 0.2) is 6.20 Å². The molecule has 1 aromatic rings. The van der Waals surface area contributed by atoms with E-state index in [1.165, 1.54) is 6.20 Å². The normalized spacial score (nSPS) is 28.2. The molecule has 1 saturated heterocycles. The highest BCUT2D eigenvalue weighted by Crippen LogP contribution is 2.30. The molecule has 134 valence electrons. The summed E-state index contributed by atoms with van der Waals surface area (Å²) < 4.78 is 5.28. The minimum atomic E-state index is -0.157. The maximum absolute atomic E-state index is 12.7. The molecule has 4 atom stereocenters. The number of pyridine rings is 1. The molecule has 25 heavy (non-hydrogen) atoms. The van der Waals surface area contributed by atoms with Gasteiger partial charge in [0, 0.05) is 31.4 Å². The lowest BCUT2D eigenvalue weighted by atomic mass is 9.79. The molecule has 1 aromatic heterocycles. The molecule has 0 aromatic carbocycles. The van der Waals surface area contributed by atoms with Crippen LogP contribution >= 0.6 is 0 Å². The zero-order chi connectivity index (χ0) is 18.0. The predicted octanol–water partition coefficient (Wildman–Crippen LogP) is 0.960. The van der Waals surface area contributed by atoms with Crippen LogP contribution in [0.1, 0.15) is 46.4 Å². The lowest BCUT2D eigenvalue weighted by molar-refractivity contribution is 0.0900. The maximum Gasteiger partial charge on any atom is 0.270 e. The van der Waals surface area contributed by atoms with Gasteiger partial charge in [-0.05, 0) is 50.2 Å². The molecule has 1 saturated carbocycles. The average Bonchev–Trinajstić information content (AvgIpc) is 3.00. The number of hydrazine groups is 1. The van der Waals surface area contributed by atoms with Crippen LogP contribution in [0.2, 0.25) is 0 Å². The summed E-state index contributed by atoms with van der Waals surface area (Å²) in [6.45, 7) is 4.35. The van der Waals surface area contributed by atoms with Crippen molar-refractivity contribution in [1.29, 1.82) is 5.26 Å². The zero-order valence-corrected chi connectivity index (χ0v) is 14.9. The summed E-state index contributed by atoms with van der Waals surface area (Å²) in [7, 11) is 1.71. The fourth-order valence-corrected chi connectivity index (χ4v) is 3.92. The van der Waals surface area contributed by atoms with E-state index in [4.69, 9.17) is 10.00 Å². The van der Waals surface area contributed by atoms with Gasteiger partial charge in [-0.3, -0.25) is 15.6 Å². The number of nitriles is 1. The first-order valence-corrected chi connectivity index (χ1v) is 8.72. The molecule has 3 rings (SSSR count). The molecule has 0 radical (unpaired) electrons. The number of methoxy groups -OCH3 is 1. The fourth-order valence-electron chi connectivity index (χ4n) is 3.92. The number of hydrogen-bond donors (Lipinski definition) is 3. The zero-order valence-electron chi connectivity index (χ0n) is 14.9. The average molecular weight is 343 g/mol. The quantitative estimate of drug-likeness (QED) is 0.753. The summed E-state index contributed by atoms with van der Waals surface area (Å²) in [5, 5.41) is 12.2. The van der Waals surface area contributed by atoms with Crippen LogP contribution in [-0.2, 0) is 4.74 Å². The Morgan fingerprint density at radius 2 is 2.20 bits per heavy atom. The minimum absolute atomic E-state index is 0.131. The van der Waals surface area contributed by atoms with Crippen molar-refractivity contribution in [3.8, 4) is 6.07 Å². The van der Waals surface area contributed by atoms with Gasteiger partial charge in [0.2, 0.25) is 0 Å². The smallest absolute Gasteiger partial charge is 0.270 e. The van der Waals surface area contributed by atoms with Gasteiger partial charge in [-0.1, -0.05) is 0 Å². The summed E-state index contributed by atoms with van der Waals surface area (Å²) in [6.07, 6.45) is 4.35. The van der Waals surface area contributed by atoms with Gasteiger partial charge in [0.15, 0.2) is 0 Å². The molecule has 1 aliphatic heterocycles. The third-order valence-corrected chi connectivity index (χ3v) is 5.53. The van der Waals surface area contributed by atoms with Crippen LogP contribution < -0.4 is 16.2 Å². The Hall–Kier alpha value is -2.01. The van der Waals surface area contributed by atoms with Crippen molar-refractivity contribution in [2.75, 3.05) is 13.7 Å². The lowest BCUT2D eigenvalue weighted by Gasteiger charge is -2.33. The Morgan fingerprint density at radius 1 is 1.40 bits per heavy atom. The second kappa shape index (κ2) is 7.48. The molecule has 4 unspecified atom stereocenters. The van der Waals surface area contributed by atoms with Crippen LogP contribution in [0.5, 0.6) is 0 Å². The van der Waals surface area contributed by atoms with Gasteiger partial charge >= 0.3 is 0 Å². The molecule has 2 fully saturated rings. The van der Waals surface area contributed by atoms with E-state index in [1.54, 1.807) is 7.11 Å². The number of rotatable bonds is 4. The predicted molar refractivity (Wildman–Crippen MR) is 92.7 cm³/mol. The van der Waals surface area contributed by atoms with E-state index in [2.05, 4.69) is 27.2 Å². The SMILES string of the molecule is COCC1NNC2CCC(NC(=O)c3ncc(C#N)c(C)c3C)CC21. The Bertz CT molecular complexity index is 699. The number of carbonyl (C=O) groups excluding carboxylic acids is 1. The van der Waals surface area contributed by atoms with Gasteiger partial charge in [0.25, 0.3) is 5.91 Å². The number of nitrogens with zero attached hydrogens (tertiary/aromatic N) is 2. The van der Waals surface area contributed by atoms with E-state index < -0.39 is 0 Å². The first-order valence-electron chi connectivity index (χ1n) is 8.72. The van der Waals surface area contributed by atoms with Gasteiger partial charge in [0.05, 0.1) is 12.2 Å². The van der Waals surface area contributed by atoms with Crippen LogP contribution in [0, 0.1) is 31.1 Å². The number of amides is 1. The highest BCUT2D eigenvalue weighted by atomic mass is 16.5. The molecular formula is C18H25N5O2. The molecule has 7 heteroatoms. The number of aromatic nitrogens is 1. The van der Waals surface area contributed by atoms with Crippen LogP contribution in [0.3, 0.4) is 0 Å². The number of fused-ring (bicyclic) bond motifs is 1. The first-order chi connectivity index (χ1) is 12.0. The summed E-state index contributed by atoms with van der Waals surface area (Å²) >= 11 is 0. The highest BCUT2D eigenvalue weighted by molar-refractivity contribution is 5.94. The van der Waals surface area contributed by atoms with Crippen LogP contribution in [0.25, 0.3) is 0 Å². The van der Waals surface area contributed by atoms with E-state index >= 15 is 0 Å². The van der Waals surface area contributed by atoms with E-state index in [-0.39, 0.29) is 18.0 Å². The largest absolute Gasteiger partial charge is 0.383 e. The van der Waals surface area contributed by atoms with Gasteiger partial charge < -0.3 is 10.1 Å². The van der Waals surface area contributed by atoms with Crippen molar-refractivity contribution < 1.29 is 9.53 Å². The van der Waals surface area contributed by atoms with Crippen molar-refractivity contribution >= 4 is 5.91 Å². The topological polar surface area (TPSA) is 99.1 Å². The van der Waals surface area contributed by atoms with Crippen molar-refractivity contribution in [2.24, 2.45) is 5.92 Å². The number of nitrogens with one attached hydrogen (secondary N) is 3. The summed E-state index contributed by atoms with van der Waals surface area (Å²) in [6, 6.07) is 2.94. The third-order valence-electron chi connectivity index (χ3n) is 5.53. The molecule has 1 amide bonds. The van der Waals surface area contributed by atoms with Crippen molar-refractivity contribution in [1.82, 2.24) is 21.2 Å². The van der Waals surface area contributed by atoms with Crippen LogP contribution in [0.4, 0.5) is 0 Å². The molecule has 3 N–H and O–H groups in total. The van der Waals surface area contributed by atoms with Crippen LogP contribution in [-0.4, -0.2) is 42.7 Å². The molecule has 0 bridgehead atoms. The molecular weight excluding hydrogens is 318 g/mol. The molecule has 2 aliphatic rings. The standard InChI is InChI=1S/C18H25N5O2/c1-10-11(2)17(20-8-12(10)7-19)18(24)21-13-4-5-15-14(6-13)16(9-25-3)23-22-15/h8,13-16,22-23H,4-6,9H2,1-3H3,(H,21,24). The molecule has 2 heterocycles. The monoisotopic (exact) mass is 343 g/mol. The molecule has 7 nitrogen and oxygen atoms in total. The Morgan fingerprint density at radius 3 is 2.92 bits per heavy atom. The number of ether oxygens (including phenoxy) is 1. The minimum Gasteiger partial charge on any atom is -0.383 e. The summed E-state index contributed by atoms with van der Waals surface area (Å²) in [5.41, 5.74) is 9.16. The second-order valence-electron chi connectivity index (χ2n) is 6.99. The summed E-state index contributed by atoms with van der Waals surface area (Å²) in [4.78, 5) is 16.9. The Balaban J connectivity index is 1.68. The van der Waals surface area contributed by atoms with Crippen molar-refractivity contribution in [3.63, 3.8) is 0 Å². The van der Waals surface area contributed by atoms with Gasteiger partial charge in [-0.25, -0.2) is 4.98 Å². The number of hydrogen-bond acceptors (Lipinski definition) is 6. The Kier molecular flexibility index (Phi) is 5.33. The van der Waals surface area contributed by atoms with Gasteiger partial charge in [-0.2, -0.15) is 5.26 Å².